The fourth-order valence-corrected chi connectivity index (χ4v) is 2.71. The van der Waals surface area contributed by atoms with E-state index in [4.69, 9.17) is 5.26 Å². The second kappa shape index (κ2) is 7.99. The van der Waals surface area contributed by atoms with Gasteiger partial charge in [-0.05, 0) is 56.2 Å². The van der Waals surface area contributed by atoms with E-state index in [9.17, 15) is 10.1 Å². The fraction of sp³-hybridized carbons (Fsp3) is 0.250. The third kappa shape index (κ3) is 4.16. The highest BCUT2D eigenvalue weighted by Crippen LogP contribution is 2.19. The number of hydrogen-bond acceptors (Lipinski definition) is 3. The van der Waals surface area contributed by atoms with E-state index in [1.54, 1.807) is 30.3 Å². The number of aromatic nitrogens is 1. The van der Waals surface area contributed by atoms with Gasteiger partial charge in [-0.3, -0.25) is 4.79 Å². The van der Waals surface area contributed by atoms with Gasteiger partial charge in [0.2, 0.25) is 0 Å². The first-order valence-corrected chi connectivity index (χ1v) is 8.10. The quantitative estimate of drug-likeness (QED) is 0.665. The van der Waals surface area contributed by atoms with E-state index in [1.165, 1.54) is 0 Å². The fourth-order valence-electron chi connectivity index (χ4n) is 2.71. The number of carbonyl (C=O) groups is 1. The Morgan fingerprint density at radius 3 is 2.68 bits per heavy atom. The molecule has 0 fully saturated rings. The highest BCUT2D eigenvalue weighted by atomic mass is 16.1. The minimum absolute atomic E-state index is 0.0270. The Morgan fingerprint density at radius 2 is 2.04 bits per heavy atom. The molecule has 5 nitrogen and oxygen atoms in total. The standard InChI is InChI=1S/C20H20N4O/c1-4-8-24-14(2)9-17(15(24)3)11-18(13-22)20(25)23-19-7-5-6-16(10-19)12-21/h5-7,9-11H,4,8H2,1-3H3,(H,23,25). The van der Waals surface area contributed by atoms with E-state index in [0.717, 1.165) is 29.9 Å². The summed E-state index contributed by atoms with van der Waals surface area (Å²) in [6.45, 7) is 7.01. The molecular weight excluding hydrogens is 312 g/mol. The number of rotatable bonds is 5. The van der Waals surface area contributed by atoms with Crippen molar-refractivity contribution in [2.45, 2.75) is 33.7 Å². The molecule has 0 aliphatic rings. The molecular formula is C20H20N4O. The average molecular weight is 332 g/mol. The lowest BCUT2D eigenvalue weighted by Crippen LogP contribution is -2.13. The summed E-state index contributed by atoms with van der Waals surface area (Å²) in [5.41, 5.74) is 3.96. The van der Waals surface area contributed by atoms with E-state index in [0.29, 0.717) is 11.3 Å². The second-order valence-corrected chi connectivity index (χ2v) is 5.79. The van der Waals surface area contributed by atoms with Crippen LogP contribution in [0.5, 0.6) is 0 Å². The van der Waals surface area contributed by atoms with E-state index >= 15 is 0 Å². The molecule has 0 atom stereocenters. The number of nitriles is 2. The molecule has 0 radical (unpaired) electrons. The van der Waals surface area contributed by atoms with Crippen LogP contribution in [0.2, 0.25) is 0 Å². The Kier molecular flexibility index (Phi) is 5.76. The molecule has 0 bridgehead atoms. The molecule has 1 aromatic carbocycles. The van der Waals surface area contributed by atoms with E-state index in [-0.39, 0.29) is 5.57 Å². The van der Waals surface area contributed by atoms with Gasteiger partial charge < -0.3 is 9.88 Å². The van der Waals surface area contributed by atoms with Crippen LogP contribution in [0.25, 0.3) is 6.08 Å². The molecule has 0 spiro atoms. The van der Waals surface area contributed by atoms with Gasteiger partial charge in [-0.1, -0.05) is 13.0 Å². The van der Waals surface area contributed by atoms with Crippen molar-refractivity contribution in [3.8, 4) is 12.1 Å². The van der Waals surface area contributed by atoms with Crippen LogP contribution in [0, 0.1) is 36.5 Å². The maximum Gasteiger partial charge on any atom is 0.266 e. The first-order valence-electron chi connectivity index (χ1n) is 8.10. The Labute approximate surface area is 147 Å². The molecule has 0 aliphatic carbocycles. The molecule has 0 unspecified atom stereocenters. The zero-order valence-corrected chi connectivity index (χ0v) is 14.6. The highest BCUT2D eigenvalue weighted by Gasteiger charge is 2.13. The van der Waals surface area contributed by atoms with Crippen LogP contribution in [0.3, 0.4) is 0 Å². The minimum Gasteiger partial charge on any atom is -0.349 e. The number of nitrogens with one attached hydrogen (secondary N) is 1. The van der Waals surface area contributed by atoms with Crippen LogP contribution in [0.15, 0.2) is 35.9 Å². The molecule has 1 N–H and O–H groups in total. The predicted molar refractivity (Wildman–Crippen MR) is 97.6 cm³/mol. The van der Waals surface area contributed by atoms with Crippen molar-refractivity contribution in [3.63, 3.8) is 0 Å². The maximum atomic E-state index is 12.4. The number of aryl methyl sites for hydroxylation is 1. The van der Waals surface area contributed by atoms with Gasteiger partial charge in [0.15, 0.2) is 0 Å². The zero-order chi connectivity index (χ0) is 18.4. The van der Waals surface area contributed by atoms with Crippen molar-refractivity contribution in [1.82, 2.24) is 4.57 Å². The largest absolute Gasteiger partial charge is 0.349 e. The van der Waals surface area contributed by atoms with E-state index in [1.807, 2.05) is 32.1 Å². The van der Waals surface area contributed by atoms with Crippen molar-refractivity contribution in [2.24, 2.45) is 0 Å². The third-order valence-corrected chi connectivity index (χ3v) is 3.97. The number of hydrogen-bond donors (Lipinski definition) is 1. The molecule has 0 saturated heterocycles. The molecule has 1 aromatic heterocycles. The first-order chi connectivity index (χ1) is 12.0. The minimum atomic E-state index is -0.488. The van der Waals surface area contributed by atoms with Crippen molar-refractivity contribution < 1.29 is 4.79 Å². The van der Waals surface area contributed by atoms with Crippen LogP contribution in [-0.4, -0.2) is 10.5 Å². The Morgan fingerprint density at radius 1 is 1.28 bits per heavy atom. The first kappa shape index (κ1) is 18.0. The van der Waals surface area contributed by atoms with Gasteiger partial charge in [0, 0.05) is 23.6 Å². The predicted octanol–water partition coefficient (Wildman–Crippen LogP) is 3.93. The van der Waals surface area contributed by atoms with E-state index in [2.05, 4.69) is 16.8 Å². The van der Waals surface area contributed by atoms with Crippen LogP contribution in [0.4, 0.5) is 5.69 Å². The Balaban J connectivity index is 2.28. The lowest BCUT2D eigenvalue weighted by atomic mass is 10.1. The van der Waals surface area contributed by atoms with Crippen molar-refractivity contribution in [3.05, 3.63) is 58.4 Å². The lowest BCUT2D eigenvalue weighted by Gasteiger charge is -2.07. The summed E-state index contributed by atoms with van der Waals surface area (Å²) in [4.78, 5) is 12.4. The third-order valence-electron chi connectivity index (χ3n) is 3.97. The van der Waals surface area contributed by atoms with Gasteiger partial charge in [0.05, 0.1) is 11.6 Å². The number of benzene rings is 1. The monoisotopic (exact) mass is 332 g/mol. The van der Waals surface area contributed by atoms with Crippen LogP contribution in [-0.2, 0) is 11.3 Å². The summed E-state index contributed by atoms with van der Waals surface area (Å²) in [7, 11) is 0. The Hall–Kier alpha value is -3.31. The van der Waals surface area contributed by atoms with Crippen LogP contribution < -0.4 is 5.32 Å². The molecule has 1 amide bonds. The lowest BCUT2D eigenvalue weighted by molar-refractivity contribution is -0.112. The van der Waals surface area contributed by atoms with Gasteiger partial charge in [-0.25, -0.2) is 0 Å². The molecule has 25 heavy (non-hydrogen) atoms. The van der Waals surface area contributed by atoms with Gasteiger partial charge in [-0.15, -0.1) is 0 Å². The summed E-state index contributed by atoms with van der Waals surface area (Å²) in [6, 6.07) is 12.5. The maximum absolute atomic E-state index is 12.4. The topological polar surface area (TPSA) is 81.6 Å². The number of amides is 1. The van der Waals surface area contributed by atoms with Crippen LogP contribution in [0.1, 0.15) is 35.9 Å². The number of anilines is 1. The summed E-state index contributed by atoms with van der Waals surface area (Å²) in [6.07, 6.45) is 2.62. The molecule has 2 aromatic rings. The highest BCUT2D eigenvalue weighted by molar-refractivity contribution is 6.09. The molecule has 0 aliphatic heterocycles. The molecule has 126 valence electrons. The zero-order valence-electron chi connectivity index (χ0n) is 14.6. The normalized spacial score (nSPS) is 10.8. The SMILES string of the molecule is CCCn1c(C)cc(C=C(C#N)C(=O)Nc2cccc(C#N)c2)c1C. The Bertz CT molecular complexity index is 907. The smallest absolute Gasteiger partial charge is 0.266 e. The van der Waals surface area contributed by atoms with Gasteiger partial charge in [0.25, 0.3) is 5.91 Å². The average Bonchev–Trinajstić information content (AvgIpc) is 2.87. The summed E-state index contributed by atoms with van der Waals surface area (Å²) in [5.74, 6) is -0.488. The summed E-state index contributed by atoms with van der Waals surface area (Å²) < 4.78 is 2.18. The second-order valence-electron chi connectivity index (χ2n) is 5.79. The van der Waals surface area contributed by atoms with Crippen molar-refractivity contribution >= 4 is 17.7 Å². The van der Waals surface area contributed by atoms with Gasteiger partial charge in [-0.2, -0.15) is 10.5 Å². The summed E-state index contributed by atoms with van der Waals surface area (Å²) in [5, 5.41) is 21.0. The summed E-state index contributed by atoms with van der Waals surface area (Å²) >= 11 is 0. The number of carbonyl (C=O) groups excluding carboxylic acids is 1. The van der Waals surface area contributed by atoms with Crippen LogP contribution >= 0.6 is 0 Å². The van der Waals surface area contributed by atoms with Gasteiger partial charge in [0.1, 0.15) is 11.6 Å². The van der Waals surface area contributed by atoms with Gasteiger partial charge >= 0.3 is 0 Å². The molecule has 2 rings (SSSR count). The number of nitrogens with zero attached hydrogens (tertiary/aromatic N) is 3. The van der Waals surface area contributed by atoms with E-state index < -0.39 is 5.91 Å². The van der Waals surface area contributed by atoms with Crippen molar-refractivity contribution in [1.29, 1.82) is 10.5 Å². The molecule has 5 heteroatoms. The molecule has 1 heterocycles. The molecule has 0 saturated carbocycles. The van der Waals surface area contributed by atoms with Crippen molar-refractivity contribution in [2.75, 3.05) is 5.32 Å².